The van der Waals surface area contributed by atoms with Gasteiger partial charge in [0.15, 0.2) is 6.29 Å². The molecule has 0 amide bonds. The maximum absolute atomic E-state index is 9.76. The summed E-state index contributed by atoms with van der Waals surface area (Å²) in [7, 11) is 1.60. The van der Waals surface area contributed by atoms with E-state index in [1.54, 1.807) is 7.11 Å². The van der Waals surface area contributed by atoms with Crippen molar-refractivity contribution in [1.29, 1.82) is 0 Å². The highest BCUT2D eigenvalue weighted by Crippen LogP contribution is 2.27. The molecule has 26 heavy (non-hydrogen) atoms. The van der Waals surface area contributed by atoms with Crippen molar-refractivity contribution in [1.82, 2.24) is 0 Å². The van der Waals surface area contributed by atoms with Crippen molar-refractivity contribution >= 4 is 0 Å². The molecular weight excluding hydrogens is 332 g/mol. The minimum atomic E-state index is -0.488. The van der Waals surface area contributed by atoms with E-state index in [1.165, 1.54) is 0 Å². The third-order valence-corrected chi connectivity index (χ3v) is 4.52. The quantitative estimate of drug-likeness (QED) is 0.786. The van der Waals surface area contributed by atoms with Crippen molar-refractivity contribution in [2.75, 3.05) is 13.7 Å². The number of methoxy groups -OCH3 is 1. The molecule has 1 N–H and O–H groups in total. The standard InChI is InChI=1S/C21H26O5/c1-23-20-12-18(24-14-16-8-4-2-5-9-16)21(19(13-22)26-20)25-15-17-10-6-3-7-11-17/h2-11,18-22H,12-15H2,1H3/t18-,19-,20?,21+/m1/s1. The second kappa shape index (κ2) is 9.80. The number of rotatable bonds is 8. The zero-order valence-electron chi connectivity index (χ0n) is 15.0. The second-order valence-corrected chi connectivity index (χ2v) is 6.35. The molecule has 3 rings (SSSR count). The number of aliphatic hydroxyl groups excluding tert-OH is 1. The Kier molecular flexibility index (Phi) is 7.17. The highest BCUT2D eigenvalue weighted by molar-refractivity contribution is 5.14. The summed E-state index contributed by atoms with van der Waals surface area (Å²) < 4.78 is 23.4. The fourth-order valence-corrected chi connectivity index (χ4v) is 3.11. The Balaban J connectivity index is 1.67. The minimum absolute atomic E-state index is 0.148. The van der Waals surface area contributed by atoms with Gasteiger partial charge in [-0.1, -0.05) is 60.7 Å². The molecule has 5 heteroatoms. The van der Waals surface area contributed by atoms with Crippen LogP contribution in [0.1, 0.15) is 17.5 Å². The highest BCUT2D eigenvalue weighted by Gasteiger charge is 2.40. The Morgan fingerprint density at radius 2 is 1.50 bits per heavy atom. The lowest BCUT2D eigenvalue weighted by Crippen LogP contribution is -2.52. The predicted molar refractivity (Wildman–Crippen MR) is 97.4 cm³/mol. The van der Waals surface area contributed by atoms with Crippen LogP contribution in [0.3, 0.4) is 0 Å². The van der Waals surface area contributed by atoms with Crippen molar-refractivity contribution < 1.29 is 24.1 Å². The largest absolute Gasteiger partial charge is 0.394 e. The lowest BCUT2D eigenvalue weighted by molar-refractivity contribution is -0.269. The molecule has 2 aromatic rings. The van der Waals surface area contributed by atoms with Gasteiger partial charge in [-0.15, -0.1) is 0 Å². The fraction of sp³-hybridized carbons (Fsp3) is 0.429. The van der Waals surface area contributed by atoms with E-state index >= 15 is 0 Å². The van der Waals surface area contributed by atoms with Gasteiger partial charge < -0.3 is 24.1 Å². The summed E-state index contributed by atoms with van der Waals surface area (Å²) in [5.41, 5.74) is 2.16. The zero-order valence-corrected chi connectivity index (χ0v) is 15.0. The van der Waals surface area contributed by atoms with Crippen LogP contribution in [0.25, 0.3) is 0 Å². The van der Waals surface area contributed by atoms with Gasteiger partial charge in [0.2, 0.25) is 0 Å². The van der Waals surface area contributed by atoms with Crippen LogP contribution >= 0.6 is 0 Å². The minimum Gasteiger partial charge on any atom is -0.394 e. The first-order valence-corrected chi connectivity index (χ1v) is 8.90. The van der Waals surface area contributed by atoms with Gasteiger partial charge in [0.25, 0.3) is 0 Å². The average molecular weight is 358 g/mol. The summed E-state index contributed by atoms with van der Waals surface area (Å²) in [6.07, 6.45) is -0.938. The van der Waals surface area contributed by atoms with Crippen LogP contribution < -0.4 is 0 Å². The Hall–Kier alpha value is -1.76. The smallest absolute Gasteiger partial charge is 0.160 e. The molecule has 1 fully saturated rings. The van der Waals surface area contributed by atoms with E-state index in [1.807, 2.05) is 60.7 Å². The van der Waals surface area contributed by atoms with Crippen molar-refractivity contribution in [2.45, 2.75) is 44.2 Å². The van der Waals surface area contributed by atoms with Gasteiger partial charge in [-0.05, 0) is 11.1 Å². The molecule has 4 atom stereocenters. The molecular formula is C21H26O5. The Labute approximate surface area is 154 Å². The Bertz CT molecular complexity index is 633. The number of hydrogen-bond acceptors (Lipinski definition) is 5. The van der Waals surface area contributed by atoms with Gasteiger partial charge in [0, 0.05) is 13.5 Å². The molecule has 140 valence electrons. The molecule has 0 bridgehead atoms. The van der Waals surface area contributed by atoms with Gasteiger partial charge in [0.05, 0.1) is 25.9 Å². The maximum atomic E-state index is 9.76. The highest BCUT2D eigenvalue weighted by atomic mass is 16.7. The van der Waals surface area contributed by atoms with E-state index in [0.29, 0.717) is 19.6 Å². The van der Waals surface area contributed by atoms with Crippen LogP contribution in [-0.2, 0) is 32.2 Å². The summed E-state index contributed by atoms with van der Waals surface area (Å²) in [4.78, 5) is 0. The van der Waals surface area contributed by atoms with Crippen molar-refractivity contribution in [3.63, 3.8) is 0 Å². The molecule has 0 spiro atoms. The molecule has 1 heterocycles. The lowest BCUT2D eigenvalue weighted by Gasteiger charge is -2.40. The fourth-order valence-electron chi connectivity index (χ4n) is 3.11. The van der Waals surface area contributed by atoms with E-state index in [4.69, 9.17) is 18.9 Å². The van der Waals surface area contributed by atoms with Gasteiger partial charge in [-0.25, -0.2) is 0 Å². The first-order valence-electron chi connectivity index (χ1n) is 8.90. The van der Waals surface area contributed by atoms with Gasteiger partial charge >= 0.3 is 0 Å². The Morgan fingerprint density at radius 3 is 2.04 bits per heavy atom. The molecule has 1 saturated heterocycles. The van der Waals surface area contributed by atoms with Crippen LogP contribution in [0.2, 0.25) is 0 Å². The normalized spacial score (nSPS) is 25.9. The van der Waals surface area contributed by atoms with Crippen LogP contribution in [0.4, 0.5) is 0 Å². The molecule has 0 aliphatic carbocycles. The SMILES string of the molecule is COC1C[C@@H](OCc2ccccc2)[C@H](OCc2ccccc2)[C@@H](CO)O1. The third-order valence-electron chi connectivity index (χ3n) is 4.52. The van der Waals surface area contributed by atoms with E-state index in [-0.39, 0.29) is 18.8 Å². The van der Waals surface area contributed by atoms with E-state index < -0.39 is 12.4 Å². The van der Waals surface area contributed by atoms with Crippen molar-refractivity contribution in [3.8, 4) is 0 Å². The maximum Gasteiger partial charge on any atom is 0.160 e. The van der Waals surface area contributed by atoms with Gasteiger partial charge in [0.1, 0.15) is 12.2 Å². The third kappa shape index (κ3) is 5.13. The second-order valence-electron chi connectivity index (χ2n) is 6.35. The van der Waals surface area contributed by atoms with Crippen LogP contribution in [0, 0.1) is 0 Å². The van der Waals surface area contributed by atoms with E-state index in [0.717, 1.165) is 11.1 Å². The number of ether oxygens (including phenoxy) is 4. The molecule has 5 nitrogen and oxygen atoms in total. The average Bonchev–Trinajstić information content (AvgIpc) is 2.72. The number of hydrogen-bond donors (Lipinski definition) is 1. The molecule has 1 aliphatic rings. The summed E-state index contributed by atoms with van der Waals surface area (Å²) in [6.45, 7) is 0.768. The van der Waals surface area contributed by atoms with Crippen LogP contribution in [0.15, 0.2) is 60.7 Å². The molecule has 1 aliphatic heterocycles. The summed E-state index contributed by atoms with van der Waals surface area (Å²) in [5.74, 6) is 0. The van der Waals surface area contributed by atoms with E-state index in [9.17, 15) is 5.11 Å². The summed E-state index contributed by atoms with van der Waals surface area (Å²) in [5, 5.41) is 9.76. The molecule has 2 aromatic carbocycles. The Morgan fingerprint density at radius 1 is 0.923 bits per heavy atom. The molecule has 0 radical (unpaired) electrons. The summed E-state index contributed by atoms with van der Waals surface area (Å²) >= 11 is 0. The van der Waals surface area contributed by atoms with Crippen molar-refractivity contribution in [3.05, 3.63) is 71.8 Å². The topological polar surface area (TPSA) is 57.2 Å². The van der Waals surface area contributed by atoms with E-state index in [2.05, 4.69) is 0 Å². The van der Waals surface area contributed by atoms with Crippen LogP contribution in [-0.4, -0.2) is 43.4 Å². The first kappa shape index (κ1) is 19.0. The lowest BCUT2D eigenvalue weighted by atomic mass is 10.0. The molecule has 0 saturated carbocycles. The zero-order chi connectivity index (χ0) is 18.2. The van der Waals surface area contributed by atoms with Crippen LogP contribution in [0.5, 0.6) is 0 Å². The monoisotopic (exact) mass is 358 g/mol. The number of aliphatic hydroxyl groups is 1. The molecule has 1 unspecified atom stereocenters. The van der Waals surface area contributed by atoms with Gasteiger partial charge in [-0.2, -0.15) is 0 Å². The van der Waals surface area contributed by atoms with Gasteiger partial charge in [-0.3, -0.25) is 0 Å². The number of benzene rings is 2. The molecule has 0 aromatic heterocycles. The van der Waals surface area contributed by atoms with Crippen molar-refractivity contribution in [2.24, 2.45) is 0 Å². The first-order chi connectivity index (χ1) is 12.8. The predicted octanol–water partition coefficient (Wildman–Crippen LogP) is 2.91. The summed E-state index contributed by atoms with van der Waals surface area (Å²) in [6, 6.07) is 19.9.